The second-order valence-electron chi connectivity index (χ2n) is 5.44. The highest BCUT2D eigenvalue weighted by Gasteiger charge is 2.12. The van der Waals surface area contributed by atoms with Crippen molar-refractivity contribution in [2.45, 2.75) is 44.9 Å². The van der Waals surface area contributed by atoms with Gasteiger partial charge < -0.3 is 5.32 Å². The van der Waals surface area contributed by atoms with Gasteiger partial charge in [0.05, 0.1) is 0 Å². The first-order valence-corrected chi connectivity index (χ1v) is 7.30. The highest BCUT2D eigenvalue weighted by molar-refractivity contribution is 5.15. The van der Waals surface area contributed by atoms with Gasteiger partial charge in [-0.25, -0.2) is 4.39 Å². The first kappa shape index (κ1) is 13.5. The van der Waals surface area contributed by atoms with Gasteiger partial charge in [-0.05, 0) is 62.4 Å². The van der Waals surface area contributed by atoms with Gasteiger partial charge in [0, 0.05) is 0 Å². The summed E-state index contributed by atoms with van der Waals surface area (Å²) in [5, 5.41) is 3.56. The fraction of sp³-hybridized carbons (Fsp3) is 0.625. The molecule has 1 saturated carbocycles. The zero-order valence-electron chi connectivity index (χ0n) is 11.1. The normalized spacial score (nSPS) is 16.9. The predicted molar refractivity (Wildman–Crippen MR) is 74.2 cm³/mol. The number of hydrogen-bond acceptors (Lipinski definition) is 1. The van der Waals surface area contributed by atoms with E-state index in [0.29, 0.717) is 0 Å². The van der Waals surface area contributed by atoms with E-state index in [-0.39, 0.29) is 5.82 Å². The molecule has 1 aromatic carbocycles. The summed E-state index contributed by atoms with van der Waals surface area (Å²) in [5.41, 5.74) is 1.23. The van der Waals surface area contributed by atoms with E-state index in [4.69, 9.17) is 0 Å². The molecule has 0 aliphatic heterocycles. The average Bonchev–Trinajstić information content (AvgIpc) is 2.42. The topological polar surface area (TPSA) is 12.0 Å². The van der Waals surface area contributed by atoms with Crippen LogP contribution in [0.4, 0.5) is 4.39 Å². The summed E-state index contributed by atoms with van der Waals surface area (Å²) >= 11 is 0. The summed E-state index contributed by atoms with van der Waals surface area (Å²) in [5.74, 6) is 0.763. The molecular formula is C16H24FN. The first-order chi connectivity index (χ1) is 8.84. The molecule has 2 rings (SSSR count). The van der Waals surface area contributed by atoms with Gasteiger partial charge in [-0.1, -0.05) is 31.4 Å². The van der Waals surface area contributed by atoms with Crippen LogP contribution < -0.4 is 5.32 Å². The van der Waals surface area contributed by atoms with E-state index in [1.54, 1.807) is 12.1 Å². The number of aryl methyl sites for hydroxylation is 1. The molecule has 0 unspecified atom stereocenters. The first-order valence-electron chi connectivity index (χ1n) is 7.30. The molecule has 2 heteroatoms. The minimum atomic E-state index is -0.144. The monoisotopic (exact) mass is 249 g/mol. The number of rotatable bonds is 6. The van der Waals surface area contributed by atoms with Crippen LogP contribution in [-0.4, -0.2) is 13.1 Å². The summed E-state index contributed by atoms with van der Waals surface area (Å²) in [4.78, 5) is 0. The Morgan fingerprint density at radius 1 is 1.06 bits per heavy atom. The van der Waals surface area contributed by atoms with Crippen LogP contribution in [0.2, 0.25) is 0 Å². The minimum Gasteiger partial charge on any atom is -0.316 e. The van der Waals surface area contributed by atoms with Gasteiger partial charge in [0.25, 0.3) is 0 Å². The maximum atomic E-state index is 12.7. The smallest absolute Gasteiger partial charge is 0.123 e. The summed E-state index contributed by atoms with van der Waals surface area (Å²) < 4.78 is 12.7. The molecule has 1 N–H and O–H groups in total. The van der Waals surface area contributed by atoms with Crippen molar-refractivity contribution in [1.82, 2.24) is 5.32 Å². The average molecular weight is 249 g/mol. The molecule has 0 radical (unpaired) electrons. The van der Waals surface area contributed by atoms with Gasteiger partial charge in [0.15, 0.2) is 0 Å². The van der Waals surface area contributed by atoms with Crippen molar-refractivity contribution >= 4 is 0 Å². The van der Waals surface area contributed by atoms with E-state index in [9.17, 15) is 4.39 Å². The Bertz CT molecular complexity index is 327. The molecule has 0 saturated heterocycles. The van der Waals surface area contributed by atoms with Crippen LogP contribution in [0.15, 0.2) is 24.3 Å². The van der Waals surface area contributed by atoms with Crippen molar-refractivity contribution in [3.63, 3.8) is 0 Å². The molecule has 1 aliphatic carbocycles. The number of nitrogens with one attached hydrogen (secondary N) is 1. The summed E-state index contributed by atoms with van der Waals surface area (Å²) in [6, 6.07) is 6.86. The van der Waals surface area contributed by atoms with Crippen molar-refractivity contribution in [1.29, 1.82) is 0 Å². The number of halogens is 1. The minimum absolute atomic E-state index is 0.144. The Morgan fingerprint density at radius 2 is 1.78 bits per heavy atom. The highest BCUT2D eigenvalue weighted by atomic mass is 19.1. The fourth-order valence-electron chi connectivity index (χ4n) is 2.77. The van der Waals surface area contributed by atoms with Crippen LogP contribution in [0.25, 0.3) is 0 Å². The molecule has 0 amide bonds. The third kappa shape index (κ3) is 4.77. The Morgan fingerprint density at radius 3 is 2.50 bits per heavy atom. The van der Waals surface area contributed by atoms with E-state index in [1.165, 1.54) is 44.2 Å². The maximum Gasteiger partial charge on any atom is 0.123 e. The lowest BCUT2D eigenvalue weighted by Gasteiger charge is -2.21. The molecule has 0 heterocycles. The number of benzene rings is 1. The van der Waals surface area contributed by atoms with Crippen LogP contribution in [0, 0.1) is 11.7 Å². The van der Waals surface area contributed by atoms with Crippen LogP contribution >= 0.6 is 0 Å². The van der Waals surface area contributed by atoms with Crippen LogP contribution in [0.5, 0.6) is 0 Å². The van der Waals surface area contributed by atoms with Gasteiger partial charge in [0.2, 0.25) is 0 Å². The summed E-state index contributed by atoms with van der Waals surface area (Å²) in [6.07, 6.45) is 9.26. The van der Waals surface area contributed by atoms with Gasteiger partial charge in [-0.2, -0.15) is 0 Å². The lowest BCUT2D eigenvalue weighted by Crippen LogP contribution is -2.25. The van der Waals surface area contributed by atoms with Crippen molar-refractivity contribution in [3.05, 3.63) is 35.6 Å². The van der Waals surface area contributed by atoms with E-state index in [1.807, 2.05) is 12.1 Å². The predicted octanol–water partition coefficient (Wildman–Crippen LogP) is 3.93. The van der Waals surface area contributed by atoms with Crippen molar-refractivity contribution in [2.24, 2.45) is 5.92 Å². The molecule has 100 valence electrons. The second kappa shape index (κ2) is 7.52. The Balaban J connectivity index is 1.54. The molecule has 1 aliphatic rings. The van der Waals surface area contributed by atoms with Crippen molar-refractivity contribution in [3.8, 4) is 0 Å². The van der Waals surface area contributed by atoms with Crippen LogP contribution in [0.1, 0.15) is 44.1 Å². The molecule has 0 aromatic heterocycles. The Kier molecular flexibility index (Phi) is 5.66. The lowest BCUT2D eigenvalue weighted by molar-refractivity contribution is 0.342. The van der Waals surface area contributed by atoms with Gasteiger partial charge in [0.1, 0.15) is 5.82 Å². The van der Waals surface area contributed by atoms with Crippen LogP contribution in [0.3, 0.4) is 0 Å². The molecule has 1 fully saturated rings. The fourth-order valence-corrected chi connectivity index (χ4v) is 2.77. The van der Waals surface area contributed by atoms with Gasteiger partial charge >= 0.3 is 0 Å². The Hall–Kier alpha value is -0.890. The number of hydrogen-bond donors (Lipinski definition) is 1. The van der Waals surface area contributed by atoms with Crippen LogP contribution in [-0.2, 0) is 6.42 Å². The van der Waals surface area contributed by atoms with E-state index >= 15 is 0 Å². The molecule has 18 heavy (non-hydrogen) atoms. The SMILES string of the molecule is Fc1ccc(CCCNCC2CCCCC2)cc1. The van der Waals surface area contributed by atoms with E-state index < -0.39 is 0 Å². The third-order valence-electron chi connectivity index (χ3n) is 3.89. The molecular weight excluding hydrogens is 225 g/mol. The van der Waals surface area contributed by atoms with Gasteiger partial charge in [-0.15, -0.1) is 0 Å². The lowest BCUT2D eigenvalue weighted by atomic mass is 9.89. The third-order valence-corrected chi connectivity index (χ3v) is 3.89. The maximum absolute atomic E-state index is 12.7. The largest absolute Gasteiger partial charge is 0.316 e. The van der Waals surface area contributed by atoms with E-state index in [2.05, 4.69) is 5.32 Å². The summed E-state index contributed by atoms with van der Waals surface area (Å²) in [6.45, 7) is 2.26. The molecule has 0 spiro atoms. The Labute approximate surface area is 110 Å². The molecule has 1 aromatic rings. The van der Waals surface area contributed by atoms with E-state index in [0.717, 1.165) is 25.3 Å². The van der Waals surface area contributed by atoms with Crippen molar-refractivity contribution < 1.29 is 4.39 Å². The summed E-state index contributed by atoms with van der Waals surface area (Å²) in [7, 11) is 0. The molecule has 0 bridgehead atoms. The van der Waals surface area contributed by atoms with Crippen molar-refractivity contribution in [2.75, 3.05) is 13.1 Å². The quantitative estimate of drug-likeness (QED) is 0.753. The van der Waals surface area contributed by atoms with Gasteiger partial charge in [-0.3, -0.25) is 0 Å². The highest BCUT2D eigenvalue weighted by Crippen LogP contribution is 2.22. The second-order valence-corrected chi connectivity index (χ2v) is 5.44. The zero-order valence-corrected chi connectivity index (χ0v) is 11.1. The molecule has 1 nitrogen and oxygen atoms in total. The zero-order chi connectivity index (χ0) is 12.6. The molecule has 0 atom stereocenters. The standard InChI is InChI=1S/C16H24FN/c17-16-10-8-14(9-11-16)7-4-12-18-13-15-5-2-1-3-6-15/h8-11,15,18H,1-7,12-13H2.